The number of aryl methyl sites for hydroxylation is 1. The van der Waals surface area contributed by atoms with Crippen molar-refractivity contribution in [1.29, 1.82) is 0 Å². The number of aromatic nitrogens is 1. The van der Waals surface area contributed by atoms with Gasteiger partial charge in [0.15, 0.2) is 0 Å². The molecule has 0 spiro atoms. The summed E-state index contributed by atoms with van der Waals surface area (Å²) >= 11 is 6.23. The number of nitrogens with one attached hydrogen (secondary N) is 1. The second-order valence-corrected chi connectivity index (χ2v) is 4.79. The average molecular weight is 264 g/mol. The third-order valence-corrected chi connectivity index (χ3v) is 3.75. The molecule has 0 aliphatic heterocycles. The topological polar surface area (TPSA) is 60.2 Å². The molecule has 1 aromatic heterocycles. The van der Waals surface area contributed by atoms with Gasteiger partial charge in [0, 0.05) is 5.69 Å². The second-order valence-electron chi connectivity index (χ2n) is 4.38. The van der Waals surface area contributed by atoms with Gasteiger partial charge in [-0.15, -0.1) is 0 Å². The van der Waals surface area contributed by atoms with Crippen LogP contribution in [-0.4, -0.2) is 12.1 Å². The van der Waals surface area contributed by atoms with Crippen molar-refractivity contribution in [2.75, 3.05) is 12.5 Å². The fourth-order valence-electron chi connectivity index (χ4n) is 2.63. The molecule has 94 valence electrons. The van der Waals surface area contributed by atoms with E-state index in [-0.39, 0.29) is 0 Å². The van der Waals surface area contributed by atoms with Gasteiger partial charge < -0.3 is 10.2 Å². The molecule has 0 radical (unpaired) electrons. The first-order chi connectivity index (χ1) is 8.76. The highest BCUT2D eigenvalue weighted by Gasteiger charge is 2.22. The highest BCUT2D eigenvalue weighted by Crippen LogP contribution is 2.40. The average Bonchev–Trinajstić information content (AvgIpc) is 2.85. The molecule has 5 heteroatoms. The molecule has 0 amide bonds. The van der Waals surface area contributed by atoms with E-state index in [1.54, 1.807) is 13.2 Å². The predicted molar refractivity (Wildman–Crippen MR) is 73.1 cm³/mol. The lowest BCUT2D eigenvalue weighted by Gasteiger charge is -2.15. The van der Waals surface area contributed by atoms with E-state index in [1.165, 1.54) is 5.56 Å². The third kappa shape index (κ3) is 1.53. The minimum absolute atomic E-state index is 0.622. The largest absolute Gasteiger partial charge is 0.496 e. The highest BCUT2D eigenvalue weighted by molar-refractivity contribution is 6.35. The third-order valence-electron chi connectivity index (χ3n) is 3.44. The Morgan fingerprint density at radius 2 is 2.22 bits per heavy atom. The zero-order valence-electron chi connectivity index (χ0n) is 10.1. The van der Waals surface area contributed by atoms with Gasteiger partial charge >= 0.3 is 0 Å². The lowest BCUT2D eigenvalue weighted by Crippen LogP contribution is -2.11. The van der Waals surface area contributed by atoms with Crippen molar-refractivity contribution < 1.29 is 4.74 Å². The maximum Gasteiger partial charge on any atom is 0.130 e. The van der Waals surface area contributed by atoms with E-state index < -0.39 is 0 Å². The SMILES string of the molecule is COc1ccc(Cl)c2nc3c(c(NN)c12)CCC3. The molecule has 0 bridgehead atoms. The molecule has 1 aliphatic rings. The number of nitrogens with zero attached hydrogens (tertiary/aromatic N) is 1. The number of nitrogens with two attached hydrogens (primary N) is 1. The van der Waals surface area contributed by atoms with E-state index in [0.29, 0.717) is 5.02 Å². The van der Waals surface area contributed by atoms with Crippen LogP contribution in [0, 0.1) is 0 Å². The molecule has 1 heterocycles. The molecule has 0 atom stereocenters. The van der Waals surface area contributed by atoms with Crippen molar-refractivity contribution in [2.24, 2.45) is 5.84 Å². The number of fused-ring (bicyclic) bond motifs is 2. The van der Waals surface area contributed by atoms with Crippen molar-refractivity contribution in [2.45, 2.75) is 19.3 Å². The van der Waals surface area contributed by atoms with Crippen molar-refractivity contribution in [3.05, 3.63) is 28.4 Å². The number of rotatable bonds is 2. The van der Waals surface area contributed by atoms with Gasteiger partial charge in [0.2, 0.25) is 0 Å². The van der Waals surface area contributed by atoms with Crippen molar-refractivity contribution >= 4 is 28.2 Å². The van der Waals surface area contributed by atoms with Gasteiger partial charge in [-0.05, 0) is 37.0 Å². The first kappa shape index (κ1) is 11.6. The number of nitrogen functional groups attached to an aromatic ring is 1. The van der Waals surface area contributed by atoms with E-state index >= 15 is 0 Å². The summed E-state index contributed by atoms with van der Waals surface area (Å²) in [5, 5.41) is 1.49. The van der Waals surface area contributed by atoms with Crippen LogP contribution in [0.5, 0.6) is 5.75 Å². The van der Waals surface area contributed by atoms with E-state index in [9.17, 15) is 0 Å². The summed E-state index contributed by atoms with van der Waals surface area (Å²) in [6.07, 6.45) is 3.08. The van der Waals surface area contributed by atoms with Crippen LogP contribution in [0.3, 0.4) is 0 Å². The number of methoxy groups -OCH3 is 1. The maximum absolute atomic E-state index is 6.23. The molecule has 0 unspecified atom stereocenters. The van der Waals surface area contributed by atoms with Crippen LogP contribution in [0.25, 0.3) is 10.9 Å². The van der Waals surface area contributed by atoms with Crippen LogP contribution in [0.2, 0.25) is 5.02 Å². The molecular weight excluding hydrogens is 250 g/mol. The first-order valence-corrected chi connectivity index (χ1v) is 6.28. The van der Waals surface area contributed by atoms with E-state index in [2.05, 4.69) is 10.4 Å². The fraction of sp³-hybridized carbons (Fsp3) is 0.308. The van der Waals surface area contributed by atoms with E-state index in [4.69, 9.17) is 22.2 Å². The van der Waals surface area contributed by atoms with Crippen LogP contribution in [-0.2, 0) is 12.8 Å². The van der Waals surface area contributed by atoms with Crippen LogP contribution < -0.4 is 16.0 Å². The van der Waals surface area contributed by atoms with Gasteiger partial charge in [-0.1, -0.05) is 11.6 Å². The zero-order chi connectivity index (χ0) is 12.7. The molecule has 1 aliphatic carbocycles. The zero-order valence-corrected chi connectivity index (χ0v) is 10.8. The lowest BCUT2D eigenvalue weighted by atomic mass is 10.1. The summed E-state index contributed by atoms with van der Waals surface area (Å²) in [6, 6.07) is 3.64. The monoisotopic (exact) mass is 263 g/mol. The Balaban J connectivity index is 2.46. The molecule has 0 fully saturated rings. The van der Waals surface area contributed by atoms with Gasteiger partial charge in [-0.2, -0.15) is 0 Å². The number of hydrazine groups is 1. The number of anilines is 1. The number of pyridine rings is 1. The molecule has 1 aromatic carbocycles. The lowest BCUT2D eigenvalue weighted by molar-refractivity contribution is 0.420. The van der Waals surface area contributed by atoms with Crippen LogP contribution in [0.4, 0.5) is 5.69 Å². The molecule has 0 saturated carbocycles. The Bertz CT molecular complexity index is 627. The molecule has 0 saturated heterocycles. The molecular formula is C13H14ClN3O. The predicted octanol–water partition coefficient (Wildman–Crippen LogP) is 2.67. The number of hydrogen-bond acceptors (Lipinski definition) is 4. The summed E-state index contributed by atoms with van der Waals surface area (Å²) in [4.78, 5) is 4.66. The molecule has 3 N–H and O–H groups in total. The smallest absolute Gasteiger partial charge is 0.130 e. The Labute approximate surface area is 110 Å². The highest BCUT2D eigenvalue weighted by atomic mass is 35.5. The maximum atomic E-state index is 6.23. The number of ether oxygens (including phenoxy) is 1. The van der Waals surface area contributed by atoms with Crippen LogP contribution >= 0.6 is 11.6 Å². The Hall–Kier alpha value is -1.52. The summed E-state index contributed by atoms with van der Waals surface area (Å²) in [7, 11) is 1.64. The Kier molecular flexibility index (Phi) is 2.76. The van der Waals surface area contributed by atoms with Gasteiger partial charge in [0.1, 0.15) is 5.75 Å². The van der Waals surface area contributed by atoms with Gasteiger partial charge in [-0.25, -0.2) is 0 Å². The molecule has 2 aromatic rings. The standard InChI is InChI=1S/C13H14ClN3O/c1-18-10-6-5-8(14)13-11(10)12(17-15)7-3-2-4-9(7)16-13/h5-6H,2-4,15H2,1H3,(H,16,17). The Morgan fingerprint density at radius 1 is 1.39 bits per heavy atom. The minimum atomic E-state index is 0.622. The van der Waals surface area contributed by atoms with Gasteiger partial charge in [0.05, 0.1) is 28.7 Å². The summed E-state index contributed by atoms with van der Waals surface area (Å²) in [5.74, 6) is 6.43. The minimum Gasteiger partial charge on any atom is -0.496 e. The number of halogens is 1. The summed E-state index contributed by atoms with van der Waals surface area (Å²) < 4.78 is 5.39. The summed E-state index contributed by atoms with van der Waals surface area (Å²) in [5.41, 5.74) is 6.72. The Morgan fingerprint density at radius 3 is 2.94 bits per heavy atom. The second kappa shape index (κ2) is 4.30. The van der Waals surface area contributed by atoms with Crippen molar-refractivity contribution in [3.8, 4) is 5.75 Å². The molecule has 3 rings (SSSR count). The fourth-order valence-corrected chi connectivity index (χ4v) is 2.83. The van der Waals surface area contributed by atoms with Crippen LogP contribution in [0.15, 0.2) is 12.1 Å². The van der Waals surface area contributed by atoms with Crippen molar-refractivity contribution in [1.82, 2.24) is 4.98 Å². The van der Waals surface area contributed by atoms with Crippen molar-refractivity contribution in [3.63, 3.8) is 0 Å². The van der Waals surface area contributed by atoms with E-state index in [0.717, 1.165) is 47.3 Å². The van der Waals surface area contributed by atoms with Gasteiger partial charge in [-0.3, -0.25) is 10.8 Å². The molecule has 18 heavy (non-hydrogen) atoms. The van der Waals surface area contributed by atoms with Crippen LogP contribution in [0.1, 0.15) is 17.7 Å². The summed E-state index contributed by atoms with van der Waals surface area (Å²) in [6.45, 7) is 0. The van der Waals surface area contributed by atoms with Gasteiger partial charge in [0.25, 0.3) is 0 Å². The first-order valence-electron chi connectivity index (χ1n) is 5.91. The molecule has 4 nitrogen and oxygen atoms in total. The normalized spacial score (nSPS) is 13.7. The quantitative estimate of drug-likeness (QED) is 0.646. The number of benzene rings is 1. The van der Waals surface area contributed by atoms with E-state index in [1.807, 2.05) is 6.07 Å². The number of hydrogen-bond donors (Lipinski definition) is 2.